The Labute approximate surface area is 245 Å². The van der Waals surface area contributed by atoms with Gasteiger partial charge < -0.3 is 23.7 Å². The van der Waals surface area contributed by atoms with Gasteiger partial charge in [-0.15, -0.1) is 0 Å². The molecule has 0 spiro atoms. The third kappa shape index (κ3) is 12.7. The minimum absolute atomic E-state index is 0. The van der Waals surface area contributed by atoms with Crippen molar-refractivity contribution in [3.8, 4) is 45.6 Å². The molecule has 7 heteroatoms. The molecule has 0 heterocycles. The maximum atomic E-state index is 10.8. The van der Waals surface area contributed by atoms with E-state index in [1.807, 2.05) is 60.7 Å². The second kappa shape index (κ2) is 19.3. The zero-order valence-electron chi connectivity index (χ0n) is 21.1. The van der Waals surface area contributed by atoms with E-state index in [2.05, 4.69) is 0 Å². The largest absolute Gasteiger partial charge is 0.497 e. The number of rotatable bonds is 7. The number of esters is 2. The van der Waals surface area contributed by atoms with Crippen LogP contribution in [0.5, 0.6) is 34.5 Å². The summed E-state index contributed by atoms with van der Waals surface area (Å²) in [7, 11) is 3.26. The highest BCUT2D eigenvalue weighted by Crippen LogP contribution is 2.26. The van der Waals surface area contributed by atoms with Crippen LogP contribution in [0.25, 0.3) is 11.1 Å². The molecule has 0 aromatic heterocycles. The van der Waals surface area contributed by atoms with Crippen molar-refractivity contribution >= 4 is 11.9 Å². The van der Waals surface area contributed by atoms with E-state index in [-0.39, 0.29) is 41.6 Å². The zero-order valence-corrected chi connectivity index (χ0v) is 21.1. The lowest BCUT2D eigenvalue weighted by Gasteiger charge is -2.07. The fourth-order valence-corrected chi connectivity index (χ4v) is 3.19. The molecular weight excluding hydrogens is 520 g/mol. The number of carbonyl (C=O) groups excluding carboxylic acids is 2. The minimum Gasteiger partial charge on any atom is -0.497 e. The van der Waals surface area contributed by atoms with Crippen LogP contribution in [0.15, 0.2) is 97.1 Å². The van der Waals surface area contributed by atoms with E-state index in [0.29, 0.717) is 23.0 Å². The molecule has 0 saturated carbocycles. The van der Waals surface area contributed by atoms with E-state index in [1.165, 1.54) is 13.8 Å². The molecule has 0 fully saturated rings. The van der Waals surface area contributed by atoms with E-state index in [9.17, 15) is 9.59 Å². The quantitative estimate of drug-likeness (QED) is 0.163. The Kier molecular flexibility index (Phi) is 18.1. The first-order chi connectivity index (χ1) is 17.9. The first kappa shape index (κ1) is 38.4. The SMILES string of the molecule is C.C.C.C.COc1ccc(-c2ccc(OC(C)=O)cc2)cc1.COc1ccc(Oc2ccc(OC(C)=O)cc2)cc1. The lowest BCUT2D eigenvalue weighted by molar-refractivity contribution is -0.132. The van der Waals surface area contributed by atoms with Crippen LogP contribution in [0.3, 0.4) is 0 Å². The monoisotopic (exact) mass is 564 g/mol. The van der Waals surface area contributed by atoms with Crippen molar-refractivity contribution in [1.29, 1.82) is 0 Å². The van der Waals surface area contributed by atoms with E-state index in [4.69, 9.17) is 23.7 Å². The van der Waals surface area contributed by atoms with Gasteiger partial charge in [-0.05, 0) is 83.9 Å². The summed E-state index contributed by atoms with van der Waals surface area (Å²) in [6.45, 7) is 2.75. The fourth-order valence-electron chi connectivity index (χ4n) is 3.19. The average molecular weight is 565 g/mol. The summed E-state index contributed by atoms with van der Waals surface area (Å²) in [5, 5.41) is 0. The van der Waals surface area contributed by atoms with Crippen LogP contribution >= 0.6 is 0 Å². The van der Waals surface area contributed by atoms with Crippen LogP contribution in [-0.4, -0.2) is 26.2 Å². The second-order valence-electron chi connectivity index (χ2n) is 7.69. The lowest BCUT2D eigenvalue weighted by Crippen LogP contribution is -2.00. The molecule has 0 N–H and O–H groups in total. The highest BCUT2D eigenvalue weighted by molar-refractivity contribution is 5.70. The van der Waals surface area contributed by atoms with Crippen molar-refractivity contribution in [2.45, 2.75) is 43.6 Å². The van der Waals surface area contributed by atoms with E-state index >= 15 is 0 Å². The summed E-state index contributed by atoms with van der Waals surface area (Å²) in [5.41, 5.74) is 2.15. The Bertz CT molecular complexity index is 1280. The molecule has 0 saturated heterocycles. The molecular formula is C34H44O7. The molecule has 0 amide bonds. The Morgan fingerprint density at radius 3 is 0.951 bits per heavy atom. The lowest BCUT2D eigenvalue weighted by atomic mass is 10.1. The number of carbonyl (C=O) groups is 2. The summed E-state index contributed by atoms with van der Waals surface area (Å²) >= 11 is 0. The van der Waals surface area contributed by atoms with Crippen LogP contribution in [0.2, 0.25) is 0 Å². The molecule has 0 bridgehead atoms. The molecule has 222 valence electrons. The van der Waals surface area contributed by atoms with Crippen molar-refractivity contribution < 1.29 is 33.3 Å². The van der Waals surface area contributed by atoms with E-state index < -0.39 is 0 Å². The van der Waals surface area contributed by atoms with Crippen molar-refractivity contribution in [2.75, 3.05) is 14.2 Å². The Hall–Kier alpha value is -4.78. The molecule has 4 aromatic rings. The summed E-state index contributed by atoms with van der Waals surface area (Å²) < 4.78 is 25.7. The van der Waals surface area contributed by atoms with Crippen LogP contribution in [0.4, 0.5) is 0 Å². The van der Waals surface area contributed by atoms with Crippen molar-refractivity contribution in [3.63, 3.8) is 0 Å². The molecule has 0 aliphatic heterocycles. The van der Waals surface area contributed by atoms with Gasteiger partial charge in [-0.25, -0.2) is 0 Å². The molecule has 0 aliphatic carbocycles. The molecule has 0 atom stereocenters. The van der Waals surface area contributed by atoms with Gasteiger partial charge in [0.1, 0.15) is 34.5 Å². The van der Waals surface area contributed by atoms with Crippen molar-refractivity contribution in [3.05, 3.63) is 97.1 Å². The molecule has 0 unspecified atom stereocenters. The number of hydrogen-bond donors (Lipinski definition) is 0. The third-order valence-corrected chi connectivity index (χ3v) is 4.92. The van der Waals surface area contributed by atoms with Gasteiger partial charge >= 0.3 is 11.9 Å². The predicted octanol–water partition coefficient (Wildman–Crippen LogP) is 9.24. The molecule has 4 rings (SSSR count). The van der Waals surface area contributed by atoms with Crippen LogP contribution < -0.4 is 23.7 Å². The summed E-state index contributed by atoms with van der Waals surface area (Å²) in [6.07, 6.45) is 0. The average Bonchev–Trinajstić information content (AvgIpc) is 2.90. The normalized spacial score (nSPS) is 8.88. The maximum Gasteiger partial charge on any atom is 0.308 e. The van der Waals surface area contributed by atoms with Gasteiger partial charge in [0.15, 0.2) is 0 Å². The predicted molar refractivity (Wildman–Crippen MR) is 167 cm³/mol. The van der Waals surface area contributed by atoms with Gasteiger partial charge in [-0.2, -0.15) is 0 Å². The summed E-state index contributed by atoms with van der Waals surface area (Å²) in [6, 6.07) is 29.3. The highest BCUT2D eigenvalue weighted by Gasteiger charge is 2.02. The maximum absolute atomic E-state index is 10.8. The summed E-state index contributed by atoms with van der Waals surface area (Å²) in [4.78, 5) is 21.6. The van der Waals surface area contributed by atoms with Gasteiger partial charge in [0.25, 0.3) is 0 Å². The Morgan fingerprint density at radius 1 is 0.415 bits per heavy atom. The van der Waals surface area contributed by atoms with Gasteiger partial charge in [0, 0.05) is 13.8 Å². The van der Waals surface area contributed by atoms with Gasteiger partial charge in [-0.3, -0.25) is 9.59 Å². The molecule has 0 aliphatic rings. The number of hydrogen-bond acceptors (Lipinski definition) is 7. The molecule has 4 aromatic carbocycles. The topological polar surface area (TPSA) is 80.3 Å². The number of ether oxygens (including phenoxy) is 5. The second-order valence-corrected chi connectivity index (χ2v) is 7.69. The minimum atomic E-state index is -0.344. The number of benzene rings is 4. The van der Waals surface area contributed by atoms with E-state index in [0.717, 1.165) is 22.6 Å². The standard InChI is InChI=1S/C15H14O4.C15H14O3.4CH4/c1-11(16)18-13-7-9-15(10-8-13)19-14-5-3-12(17-2)4-6-14;1-11(16)18-15-9-5-13(6-10-15)12-3-7-14(17-2)8-4-12;;;;/h3-10H,1-2H3;3-10H,1-2H3;4*1H4. The molecule has 0 radical (unpaired) electrons. The number of methoxy groups -OCH3 is 2. The van der Waals surface area contributed by atoms with Gasteiger partial charge in [0.05, 0.1) is 14.2 Å². The smallest absolute Gasteiger partial charge is 0.308 e. The zero-order chi connectivity index (χ0) is 26.6. The first-order valence-electron chi connectivity index (χ1n) is 11.4. The third-order valence-electron chi connectivity index (χ3n) is 4.92. The van der Waals surface area contributed by atoms with Crippen LogP contribution in [0.1, 0.15) is 43.6 Å². The van der Waals surface area contributed by atoms with Gasteiger partial charge in [0.2, 0.25) is 0 Å². The molecule has 7 nitrogen and oxygen atoms in total. The van der Waals surface area contributed by atoms with Crippen LogP contribution in [0, 0.1) is 0 Å². The first-order valence-corrected chi connectivity index (χ1v) is 11.4. The summed E-state index contributed by atoms with van der Waals surface area (Å²) in [5.74, 6) is 3.38. The van der Waals surface area contributed by atoms with E-state index in [1.54, 1.807) is 50.6 Å². The molecule has 41 heavy (non-hydrogen) atoms. The Morgan fingerprint density at radius 2 is 0.659 bits per heavy atom. The van der Waals surface area contributed by atoms with Crippen LogP contribution in [-0.2, 0) is 9.59 Å². The van der Waals surface area contributed by atoms with Gasteiger partial charge in [-0.1, -0.05) is 54.0 Å². The van der Waals surface area contributed by atoms with Crippen molar-refractivity contribution in [2.24, 2.45) is 0 Å². The fraction of sp³-hybridized carbons (Fsp3) is 0.235. The Balaban J connectivity index is 0. The highest BCUT2D eigenvalue weighted by atomic mass is 16.5. The van der Waals surface area contributed by atoms with Crippen molar-refractivity contribution in [1.82, 2.24) is 0 Å².